The van der Waals surface area contributed by atoms with Gasteiger partial charge in [0.15, 0.2) is 6.61 Å². The van der Waals surface area contributed by atoms with Crippen LogP contribution in [0.5, 0.6) is 5.75 Å². The van der Waals surface area contributed by atoms with Gasteiger partial charge >= 0.3 is 0 Å². The predicted molar refractivity (Wildman–Crippen MR) is 114 cm³/mol. The van der Waals surface area contributed by atoms with Crippen LogP contribution in [0.4, 0.5) is 4.39 Å². The summed E-state index contributed by atoms with van der Waals surface area (Å²) < 4.78 is 20.3. The average molecular weight is 486 g/mol. The Labute approximate surface area is 183 Å². The van der Waals surface area contributed by atoms with Crippen molar-refractivity contribution < 1.29 is 18.7 Å². The fourth-order valence-electron chi connectivity index (χ4n) is 2.61. The van der Waals surface area contributed by atoms with Crippen LogP contribution in [-0.4, -0.2) is 35.4 Å². The monoisotopic (exact) mass is 484 g/mol. The van der Waals surface area contributed by atoms with Crippen LogP contribution in [0.25, 0.3) is 0 Å². The van der Waals surface area contributed by atoms with E-state index < -0.39 is 17.8 Å². The van der Waals surface area contributed by atoms with E-state index in [0.29, 0.717) is 20.8 Å². The minimum Gasteiger partial charge on any atom is -0.483 e. The molecule has 0 aliphatic rings. The molecule has 0 spiro atoms. The summed E-state index contributed by atoms with van der Waals surface area (Å²) in [6.45, 7) is 4.90. The van der Waals surface area contributed by atoms with Gasteiger partial charge in [-0.05, 0) is 61.0 Å². The van der Waals surface area contributed by atoms with Crippen molar-refractivity contribution >= 4 is 39.3 Å². The first kappa shape index (κ1) is 23.2. The molecule has 2 rings (SSSR count). The molecule has 1 N–H and O–H groups in total. The van der Waals surface area contributed by atoms with Gasteiger partial charge in [0, 0.05) is 23.2 Å². The van der Waals surface area contributed by atoms with Gasteiger partial charge in [0.05, 0.1) is 4.47 Å². The molecule has 0 aromatic heterocycles. The third-order valence-corrected chi connectivity index (χ3v) is 5.00. The van der Waals surface area contributed by atoms with E-state index in [1.165, 1.54) is 11.0 Å². The molecule has 0 aliphatic heterocycles. The summed E-state index contributed by atoms with van der Waals surface area (Å²) in [5.74, 6) is -0.769. The molecule has 0 radical (unpaired) electrons. The van der Waals surface area contributed by atoms with Crippen molar-refractivity contribution in [2.24, 2.45) is 0 Å². The number of carbonyl (C=O) groups excluding carboxylic acids is 2. The quantitative estimate of drug-likeness (QED) is 0.596. The lowest BCUT2D eigenvalue weighted by atomic mass is 10.1. The highest BCUT2D eigenvalue weighted by Gasteiger charge is 2.27. The molecule has 1 atom stereocenters. The minimum atomic E-state index is -0.804. The van der Waals surface area contributed by atoms with Crippen LogP contribution in [-0.2, 0) is 16.1 Å². The molecular formula is C21H23BrClFN2O3. The topological polar surface area (TPSA) is 58.6 Å². The van der Waals surface area contributed by atoms with E-state index in [1.807, 2.05) is 13.8 Å². The molecule has 156 valence electrons. The van der Waals surface area contributed by atoms with E-state index in [1.54, 1.807) is 43.3 Å². The summed E-state index contributed by atoms with van der Waals surface area (Å²) in [5.41, 5.74) is 0.317. The highest BCUT2D eigenvalue weighted by atomic mass is 79.9. The van der Waals surface area contributed by atoms with Crippen LogP contribution in [0.1, 0.15) is 26.3 Å². The Hall–Kier alpha value is -2.12. The van der Waals surface area contributed by atoms with Gasteiger partial charge in [-0.15, -0.1) is 0 Å². The van der Waals surface area contributed by atoms with Gasteiger partial charge in [0.1, 0.15) is 17.6 Å². The zero-order chi connectivity index (χ0) is 21.6. The third-order valence-electron chi connectivity index (χ3n) is 4.14. The SMILES string of the molecule is CC(C)NC(=O)[C@@H](C)N(Cc1ccccc1F)C(=O)COc1ccc(Cl)cc1Br. The van der Waals surface area contributed by atoms with Gasteiger partial charge in [0.2, 0.25) is 5.91 Å². The molecule has 2 amide bonds. The van der Waals surface area contributed by atoms with Gasteiger partial charge in [-0.2, -0.15) is 0 Å². The van der Waals surface area contributed by atoms with E-state index in [0.717, 1.165) is 0 Å². The van der Waals surface area contributed by atoms with E-state index in [2.05, 4.69) is 21.2 Å². The highest BCUT2D eigenvalue weighted by Crippen LogP contribution is 2.28. The largest absolute Gasteiger partial charge is 0.483 e. The number of nitrogens with one attached hydrogen (secondary N) is 1. The van der Waals surface area contributed by atoms with Crippen LogP contribution in [0.2, 0.25) is 5.02 Å². The first-order valence-corrected chi connectivity index (χ1v) is 10.3. The maximum absolute atomic E-state index is 14.1. The first-order chi connectivity index (χ1) is 13.7. The molecule has 0 saturated heterocycles. The van der Waals surface area contributed by atoms with Gasteiger partial charge in [-0.3, -0.25) is 9.59 Å². The normalized spacial score (nSPS) is 11.8. The van der Waals surface area contributed by atoms with Crippen molar-refractivity contribution in [3.63, 3.8) is 0 Å². The van der Waals surface area contributed by atoms with E-state index >= 15 is 0 Å². The van der Waals surface area contributed by atoms with E-state index in [4.69, 9.17) is 16.3 Å². The number of amides is 2. The Morgan fingerprint density at radius 1 is 1.21 bits per heavy atom. The number of carbonyl (C=O) groups is 2. The molecule has 0 unspecified atom stereocenters. The minimum absolute atomic E-state index is 0.0522. The lowest BCUT2D eigenvalue weighted by molar-refractivity contribution is -0.142. The Balaban J connectivity index is 2.19. The van der Waals surface area contributed by atoms with Crippen molar-refractivity contribution in [1.29, 1.82) is 0 Å². The Kier molecular flexibility index (Phi) is 8.46. The maximum atomic E-state index is 14.1. The maximum Gasteiger partial charge on any atom is 0.261 e. The molecule has 2 aromatic carbocycles. The lowest BCUT2D eigenvalue weighted by Crippen LogP contribution is -2.50. The third kappa shape index (κ3) is 6.72. The fraction of sp³-hybridized carbons (Fsp3) is 0.333. The molecule has 0 saturated carbocycles. The molecule has 2 aromatic rings. The Morgan fingerprint density at radius 2 is 1.90 bits per heavy atom. The molecule has 5 nitrogen and oxygen atoms in total. The first-order valence-electron chi connectivity index (χ1n) is 9.10. The van der Waals surface area contributed by atoms with Crippen molar-refractivity contribution in [1.82, 2.24) is 10.2 Å². The van der Waals surface area contributed by atoms with Crippen LogP contribution in [0.15, 0.2) is 46.9 Å². The van der Waals surface area contributed by atoms with Gasteiger partial charge in [0.25, 0.3) is 5.91 Å². The van der Waals surface area contributed by atoms with Crippen LogP contribution >= 0.6 is 27.5 Å². The van der Waals surface area contributed by atoms with E-state index in [9.17, 15) is 14.0 Å². The molecule has 0 heterocycles. The lowest BCUT2D eigenvalue weighted by Gasteiger charge is -2.29. The number of benzene rings is 2. The number of rotatable bonds is 8. The van der Waals surface area contributed by atoms with Crippen molar-refractivity contribution in [3.05, 3.63) is 63.3 Å². The molecule has 0 aliphatic carbocycles. The summed E-state index contributed by atoms with van der Waals surface area (Å²) in [7, 11) is 0. The van der Waals surface area contributed by atoms with Gasteiger partial charge in [-0.25, -0.2) is 4.39 Å². The molecular weight excluding hydrogens is 463 g/mol. The number of nitrogens with zero attached hydrogens (tertiary/aromatic N) is 1. The summed E-state index contributed by atoms with van der Waals surface area (Å²) >= 11 is 9.24. The predicted octanol–water partition coefficient (Wildman–Crippen LogP) is 4.56. The fourth-order valence-corrected chi connectivity index (χ4v) is 3.41. The smallest absolute Gasteiger partial charge is 0.261 e. The summed E-state index contributed by atoms with van der Waals surface area (Å²) in [5, 5.41) is 3.30. The Bertz CT molecular complexity index is 879. The zero-order valence-electron chi connectivity index (χ0n) is 16.4. The summed E-state index contributed by atoms with van der Waals surface area (Å²) in [6, 6.07) is 10.2. The van der Waals surface area contributed by atoms with Crippen molar-refractivity contribution in [2.45, 2.75) is 39.4 Å². The summed E-state index contributed by atoms with van der Waals surface area (Å²) in [6.07, 6.45) is 0. The standard InChI is InChI=1S/C21H23BrClFN2O3/c1-13(2)25-21(28)14(3)26(11-15-6-4-5-7-18(15)24)20(27)12-29-19-9-8-16(23)10-17(19)22/h4-10,13-14H,11-12H2,1-3H3,(H,25,28)/t14-/m1/s1. The number of halogens is 3. The van der Waals surface area contributed by atoms with Crippen molar-refractivity contribution in [3.8, 4) is 5.75 Å². The van der Waals surface area contributed by atoms with Gasteiger partial charge < -0.3 is 15.0 Å². The number of hydrogen-bond donors (Lipinski definition) is 1. The van der Waals surface area contributed by atoms with Crippen molar-refractivity contribution in [2.75, 3.05) is 6.61 Å². The second kappa shape index (κ2) is 10.6. The van der Waals surface area contributed by atoms with Crippen LogP contribution in [0, 0.1) is 5.82 Å². The molecule has 0 fully saturated rings. The molecule has 0 bridgehead atoms. The zero-order valence-corrected chi connectivity index (χ0v) is 18.8. The summed E-state index contributed by atoms with van der Waals surface area (Å²) in [4.78, 5) is 26.7. The van der Waals surface area contributed by atoms with Crippen LogP contribution < -0.4 is 10.1 Å². The molecule has 29 heavy (non-hydrogen) atoms. The number of hydrogen-bond acceptors (Lipinski definition) is 3. The van der Waals surface area contributed by atoms with Crippen LogP contribution in [0.3, 0.4) is 0 Å². The second-order valence-corrected chi connectivity index (χ2v) is 8.11. The average Bonchev–Trinajstić information content (AvgIpc) is 2.65. The second-order valence-electron chi connectivity index (χ2n) is 6.82. The van der Waals surface area contributed by atoms with E-state index in [-0.39, 0.29) is 25.1 Å². The van der Waals surface area contributed by atoms with Gasteiger partial charge in [-0.1, -0.05) is 29.8 Å². The highest BCUT2D eigenvalue weighted by molar-refractivity contribution is 9.10. The Morgan fingerprint density at radius 3 is 2.52 bits per heavy atom. The molecule has 8 heteroatoms. The number of ether oxygens (including phenoxy) is 1.